The zero-order chi connectivity index (χ0) is 13.7. The maximum Gasteiger partial charge on any atom is 0.269 e. The molecule has 96 valence electrons. The van der Waals surface area contributed by atoms with E-state index in [9.17, 15) is 4.79 Å². The number of nitriles is 1. The quantitative estimate of drug-likeness (QED) is 0.934. The molecule has 1 amide bonds. The minimum absolute atomic E-state index is 0.257. The molecule has 4 nitrogen and oxygen atoms in total. The smallest absolute Gasteiger partial charge is 0.269 e. The van der Waals surface area contributed by atoms with Crippen molar-refractivity contribution in [2.24, 2.45) is 0 Å². The van der Waals surface area contributed by atoms with Gasteiger partial charge in [0.1, 0.15) is 5.69 Å². The number of nitrogens with zero attached hydrogens (tertiary/aromatic N) is 2. The van der Waals surface area contributed by atoms with Gasteiger partial charge >= 0.3 is 0 Å². The van der Waals surface area contributed by atoms with Crippen LogP contribution in [-0.2, 0) is 6.42 Å². The Balaban J connectivity index is 1.89. The number of pyridine rings is 1. The van der Waals surface area contributed by atoms with Crippen LogP contribution >= 0.6 is 27.3 Å². The summed E-state index contributed by atoms with van der Waals surface area (Å²) in [6.45, 7) is 0.546. The van der Waals surface area contributed by atoms with E-state index in [-0.39, 0.29) is 11.6 Å². The third-order valence-corrected chi connectivity index (χ3v) is 4.16. The number of rotatable bonds is 4. The molecule has 0 atom stereocenters. The molecule has 0 aromatic carbocycles. The van der Waals surface area contributed by atoms with Crippen molar-refractivity contribution in [3.63, 3.8) is 0 Å². The lowest BCUT2D eigenvalue weighted by atomic mass is 10.2. The molecule has 0 bridgehead atoms. The molecular formula is C13H10BrN3OS. The highest BCUT2D eigenvalue weighted by Gasteiger charge is 2.07. The van der Waals surface area contributed by atoms with E-state index in [4.69, 9.17) is 5.26 Å². The Hall–Kier alpha value is -1.71. The van der Waals surface area contributed by atoms with Crippen molar-refractivity contribution in [2.45, 2.75) is 6.42 Å². The van der Waals surface area contributed by atoms with Crippen LogP contribution in [0.5, 0.6) is 0 Å². The minimum Gasteiger partial charge on any atom is -0.350 e. The van der Waals surface area contributed by atoms with Crippen LogP contribution in [0.3, 0.4) is 0 Å². The topological polar surface area (TPSA) is 65.8 Å². The summed E-state index contributed by atoms with van der Waals surface area (Å²) in [5, 5.41) is 13.6. The second kappa shape index (κ2) is 6.45. The number of hydrogen-bond donors (Lipinski definition) is 1. The molecule has 0 radical (unpaired) electrons. The molecule has 0 saturated heterocycles. The van der Waals surface area contributed by atoms with Crippen LogP contribution in [-0.4, -0.2) is 17.4 Å². The maximum absolute atomic E-state index is 11.8. The fourth-order valence-electron chi connectivity index (χ4n) is 1.50. The molecule has 2 aromatic rings. The van der Waals surface area contributed by atoms with E-state index in [1.54, 1.807) is 17.4 Å². The highest BCUT2D eigenvalue weighted by molar-refractivity contribution is 9.10. The van der Waals surface area contributed by atoms with Gasteiger partial charge in [-0.05, 0) is 40.5 Å². The van der Waals surface area contributed by atoms with Crippen molar-refractivity contribution in [3.8, 4) is 6.07 Å². The molecule has 2 rings (SSSR count). The number of aromatic nitrogens is 1. The lowest BCUT2D eigenvalue weighted by Gasteiger charge is -2.03. The van der Waals surface area contributed by atoms with Gasteiger partial charge in [-0.15, -0.1) is 11.3 Å². The number of nitrogens with one attached hydrogen (secondary N) is 1. The molecule has 0 unspecified atom stereocenters. The number of carbonyl (C=O) groups excluding carboxylic acids is 1. The minimum atomic E-state index is -0.257. The first-order valence-electron chi connectivity index (χ1n) is 5.56. The second-order valence-corrected chi connectivity index (χ2v) is 5.69. The Morgan fingerprint density at radius 2 is 2.37 bits per heavy atom. The normalized spacial score (nSPS) is 9.89. The molecule has 0 saturated carbocycles. The van der Waals surface area contributed by atoms with Gasteiger partial charge in [-0.25, -0.2) is 0 Å². The molecule has 0 aliphatic carbocycles. The molecule has 19 heavy (non-hydrogen) atoms. The molecule has 0 aliphatic heterocycles. The van der Waals surface area contributed by atoms with Crippen LogP contribution in [0.1, 0.15) is 20.9 Å². The van der Waals surface area contributed by atoms with Crippen molar-refractivity contribution in [3.05, 3.63) is 50.4 Å². The van der Waals surface area contributed by atoms with E-state index in [1.807, 2.05) is 17.5 Å². The molecular weight excluding hydrogens is 326 g/mol. The van der Waals surface area contributed by atoms with Crippen molar-refractivity contribution >= 4 is 33.2 Å². The summed E-state index contributed by atoms with van der Waals surface area (Å²) < 4.78 is 1.06. The van der Waals surface area contributed by atoms with Gasteiger partial charge in [0.15, 0.2) is 0 Å². The summed E-state index contributed by atoms with van der Waals surface area (Å²) in [6, 6.07) is 7.07. The zero-order valence-corrected chi connectivity index (χ0v) is 12.3. The number of thiophene rings is 1. The van der Waals surface area contributed by atoms with Gasteiger partial charge in [0.2, 0.25) is 0 Å². The summed E-state index contributed by atoms with van der Waals surface area (Å²) in [5.74, 6) is -0.257. The van der Waals surface area contributed by atoms with Gasteiger partial charge in [-0.1, -0.05) is 0 Å². The number of halogens is 1. The predicted molar refractivity (Wildman–Crippen MR) is 77.0 cm³/mol. The van der Waals surface area contributed by atoms with Gasteiger partial charge in [-0.2, -0.15) is 5.26 Å². The summed E-state index contributed by atoms with van der Waals surface area (Å²) >= 11 is 5.03. The molecule has 1 N–H and O–H groups in total. The van der Waals surface area contributed by atoms with Crippen molar-refractivity contribution in [2.75, 3.05) is 6.54 Å². The first kappa shape index (κ1) is 13.7. The van der Waals surface area contributed by atoms with E-state index in [0.29, 0.717) is 12.1 Å². The van der Waals surface area contributed by atoms with E-state index >= 15 is 0 Å². The molecule has 0 fully saturated rings. The van der Waals surface area contributed by atoms with Crippen LogP contribution in [0.4, 0.5) is 0 Å². The Bertz CT molecular complexity index is 633. The Morgan fingerprint density at radius 3 is 3.05 bits per heavy atom. The molecule has 0 aliphatic rings. The third-order valence-electron chi connectivity index (χ3n) is 2.40. The Kier molecular flexibility index (Phi) is 4.66. The van der Waals surface area contributed by atoms with Gasteiger partial charge in [0, 0.05) is 27.5 Å². The Morgan fingerprint density at radius 1 is 1.53 bits per heavy atom. The summed E-state index contributed by atoms with van der Waals surface area (Å²) in [6.07, 6.45) is 2.24. The van der Waals surface area contributed by atoms with Crippen LogP contribution in [0.25, 0.3) is 0 Å². The van der Waals surface area contributed by atoms with Crippen molar-refractivity contribution < 1.29 is 4.79 Å². The lowest BCUT2D eigenvalue weighted by molar-refractivity contribution is 0.0949. The van der Waals surface area contributed by atoms with Crippen LogP contribution in [0.15, 0.2) is 34.2 Å². The highest BCUT2D eigenvalue weighted by Crippen LogP contribution is 2.19. The fraction of sp³-hybridized carbons (Fsp3) is 0.154. The van der Waals surface area contributed by atoms with Crippen LogP contribution < -0.4 is 5.32 Å². The van der Waals surface area contributed by atoms with Gasteiger partial charge in [-0.3, -0.25) is 9.78 Å². The van der Waals surface area contributed by atoms with Gasteiger partial charge < -0.3 is 5.32 Å². The van der Waals surface area contributed by atoms with Crippen LogP contribution in [0.2, 0.25) is 0 Å². The molecule has 6 heteroatoms. The zero-order valence-electron chi connectivity index (χ0n) is 9.89. The monoisotopic (exact) mass is 335 g/mol. The molecule has 0 spiro atoms. The third kappa shape index (κ3) is 3.88. The molecule has 2 aromatic heterocycles. The standard InChI is InChI=1S/C13H10BrN3OS/c14-10-6-11(19-8-10)2-4-17-13(18)12-5-9(7-15)1-3-16-12/h1,3,5-6,8H,2,4H2,(H,17,18). The summed E-state index contributed by atoms with van der Waals surface area (Å²) in [5.41, 5.74) is 0.703. The largest absolute Gasteiger partial charge is 0.350 e. The van der Waals surface area contributed by atoms with E-state index < -0.39 is 0 Å². The Labute approximate surface area is 123 Å². The van der Waals surface area contributed by atoms with Gasteiger partial charge in [0.25, 0.3) is 5.91 Å². The van der Waals surface area contributed by atoms with Crippen molar-refractivity contribution in [1.29, 1.82) is 5.26 Å². The van der Waals surface area contributed by atoms with E-state index in [1.165, 1.54) is 17.1 Å². The lowest BCUT2D eigenvalue weighted by Crippen LogP contribution is -2.26. The first-order valence-corrected chi connectivity index (χ1v) is 7.23. The fourth-order valence-corrected chi connectivity index (χ4v) is 2.95. The predicted octanol–water partition coefficient (Wildman–Crippen LogP) is 2.75. The maximum atomic E-state index is 11.8. The molecule has 2 heterocycles. The average Bonchev–Trinajstić information content (AvgIpc) is 2.84. The highest BCUT2D eigenvalue weighted by atomic mass is 79.9. The summed E-state index contributed by atoms with van der Waals surface area (Å²) in [7, 11) is 0. The number of amides is 1. The second-order valence-electron chi connectivity index (χ2n) is 3.78. The van der Waals surface area contributed by atoms with E-state index in [2.05, 4.69) is 26.2 Å². The number of hydrogen-bond acceptors (Lipinski definition) is 4. The van der Waals surface area contributed by atoms with Gasteiger partial charge in [0.05, 0.1) is 11.6 Å². The van der Waals surface area contributed by atoms with Crippen LogP contribution in [0, 0.1) is 11.3 Å². The van der Waals surface area contributed by atoms with Crippen molar-refractivity contribution in [1.82, 2.24) is 10.3 Å². The first-order chi connectivity index (χ1) is 9.19. The summed E-state index contributed by atoms with van der Waals surface area (Å²) in [4.78, 5) is 17.0. The number of carbonyl (C=O) groups is 1. The average molecular weight is 336 g/mol. The SMILES string of the molecule is N#Cc1ccnc(C(=O)NCCc2cc(Br)cs2)c1. The van der Waals surface area contributed by atoms with E-state index in [0.717, 1.165) is 10.9 Å².